The molecule has 0 saturated heterocycles. The maximum absolute atomic E-state index is 14.4. The van der Waals surface area contributed by atoms with Gasteiger partial charge in [-0.05, 0) is 19.1 Å². The zero-order valence-electron chi connectivity index (χ0n) is 17.0. The number of para-hydroxylation sites is 1. The van der Waals surface area contributed by atoms with Crippen LogP contribution in [0, 0.1) is 24.4 Å². The van der Waals surface area contributed by atoms with Gasteiger partial charge >= 0.3 is 40.5 Å². The minimum Gasteiger partial charge on any atom is -0.381 e. The van der Waals surface area contributed by atoms with Gasteiger partial charge in [0.2, 0.25) is 5.75 Å². The average molecular weight is 571 g/mol. The third kappa shape index (κ3) is 6.36. The van der Waals surface area contributed by atoms with Crippen molar-refractivity contribution in [1.29, 1.82) is 0 Å². The molecule has 2 rings (SSSR count). The largest absolute Gasteiger partial charge is 0.381 e. The second-order valence-electron chi connectivity index (χ2n) is 6.29. The van der Waals surface area contributed by atoms with Crippen molar-refractivity contribution in [1.82, 2.24) is 0 Å². The Morgan fingerprint density at radius 2 is 1.18 bits per heavy atom. The fraction of sp³-hybridized carbons (Fsp3) is 0.200. The maximum Gasteiger partial charge on any atom is 0.331 e. The third-order valence-electron chi connectivity index (χ3n) is 3.51. The molecule has 0 atom stereocenters. The number of halogens is 3. The molecule has 2 aromatic carbocycles. The van der Waals surface area contributed by atoms with Gasteiger partial charge in [-0.25, -0.2) is 13.2 Å². The Kier molecular flexibility index (Phi) is 7.60. The molecule has 0 aliphatic heterocycles. The summed E-state index contributed by atoms with van der Waals surface area (Å²) in [4.78, 5) is -3.25. The average Bonchev–Trinajstić information content (AvgIpc) is 2.67. The lowest BCUT2D eigenvalue weighted by Gasteiger charge is -2.14. The van der Waals surface area contributed by atoms with E-state index in [4.69, 9.17) is 0 Å². The summed E-state index contributed by atoms with van der Waals surface area (Å²) in [5.74, 6) is -9.14. The Bertz CT molecular complexity index is 1560. The van der Waals surface area contributed by atoms with E-state index in [9.17, 15) is 46.8 Å². The van der Waals surface area contributed by atoms with E-state index in [1.54, 1.807) is 0 Å². The molecule has 0 saturated carbocycles. The zero-order valence-corrected chi connectivity index (χ0v) is 20.2. The first-order valence-corrected chi connectivity index (χ1v) is 14.6. The number of rotatable bonds is 9. The fourth-order valence-electron chi connectivity index (χ4n) is 2.21. The van der Waals surface area contributed by atoms with Gasteiger partial charge in [-0.15, -0.1) is 0 Å². The summed E-state index contributed by atoms with van der Waals surface area (Å²) in [5, 5.41) is 0. The van der Waals surface area contributed by atoms with E-state index >= 15 is 0 Å². The highest BCUT2D eigenvalue weighted by Crippen LogP contribution is 2.37. The number of hydrogen-bond acceptors (Lipinski definition) is 12. The highest BCUT2D eigenvalue weighted by molar-refractivity contribution is 7.89. The molecule has 34 heavy (non-hydrogen) atoms. The van der Waals surface area contributed by atoms with Crippen LogP contribution in [0.4, 0.5) is 13.2 Å². The minimum absolute atomic E-state index is 0.319. The molecule has 0 N–H and O–H groups in total. The predicted octanol–water partition coefficient (Wildman–Crippen LogP) is 1.11. The second kappa shape index (κ2) is 9.30. The Hall–Kier alpha value is -2.45. The van der Waals surface area contributed by atoms with Crippen molar-refractivity contribution < 1.29 is 63.9 Å². The van der Waals surface area contributed by atoms with Gasteiger partial charge in [-0.3, -0.25) is 0 Å². The molecule has 190 valence electrons. The first kappa shape index (κ1) is 27.8. The fourth-order valence-corrected chi connectivity index (χ4v) is 5.24. The van der Waals surface area contributed by atoms with Gasteiger partial charge in [0.15, 0.2) is 28.1 Å². The Morgan fingerprint density at radius 3 is 1.71 bits per heavy atom. The van der Waals surface area contributed by atoms with Gasteiger partial charge in [-0.1, -0.05) is 20.8 Å². The van der Waals surface area contributed by atoms with E-state index in [-0.39, 0.29) is 0 Å². The standard InChI is InChI=1S/C15H13F3O12S4/c1-8-11(16)13(18)15(14(12(8)17)28-32(3,21)22)34(25,26)30-29-33(23,24)10-7-5-4-6-9(10)27-31(2,19)20/h4-7H,1-3H3. The molecule has 0 bridgehead atoms. The summed E-state index contributed by atoms with van der Waals surface area (Å²) in [6, 6.07) is 3.73. The molecule has 0 aliphatic rings. The molecule has 0 unspecified atom stereocenters. The SMILES string of the molecule is Cc1c(F)c(F)c(S(=O)(=O)OOS(=O)(=O)c2ccccc2OS(C)(=O)=O)c(OS(C)(=O)=O)c1F. The van der Waals surface area contributed by atoms with Crippen LogP contribution in [0.2, 0.25) is 0 Å². The molecule has 0 aromatic heterocycles. The van der Waals surface area contributed by atoms with Crippen molar-refractivity contribution in [3.05, 3.63) is 47.3 Å². The molecule has 0 heterocycles. The lowest BCUT2D eigenvalue weighted by atomic mass is 10.2. The summed E-state index contributed by atoms with van der Waals surface area (Å²) in [5.41, 5.74) is -1.17. The van der Waals surface area contributed by atoms with Gasteiger partial charge in [0, 0.05) is 5.56 Å². The first-order chi connectivity index (χ1) is 15.3. The number of hydrogen-bond donors (Lipinski definition) is 0. The molecule has 0 amide bonds. The van der Waals surface area contributed by atoms with Crippen LogP contribution in [0.3, 0.4) is 0 Å². The van der Waals surface area contributed by atoms with Crippen molar-refractivity contribution >= 4 is 40.5 Å². The Morgan fingerprint density at radius 1 is 0.676 bits per heavy atom. The van der Waals surface area contributed by atoms with E-state index in [2.05, 4.69) is 17.0 Å². The van der Waals surface area contributed by atoms with Crippen molar-refractivity contribution in [2.45, 2.75) is 16.7 Å². The van der Waals surface area contributed by atoms with Gasteiger partial charge in [0.1, 0.15) is 4.90 Å². The molecule has 0 aliphatic carbocycles. The second-order valence-corrected chi connectivity index (χ2v) is 12.4. The summed E-state index contributed by atoms with van der Waals surface area (Å²) < 4.78 is 154. The maximum atomic E-state index is 14.4. The molecular formula is C15H13F3O12S4. The van der Waals surface area contributed by atoms with Crippen LogP contribution in [0.15, 0.2) is 34.1 Å². The summed E-state index contributed by atoms with van der Waals surface area (Å²) in [6.07, 6.45) is 0.880. The van der Waals surface area contributed by atoms with E-state index < -0.39 is 84.8 Å². The van der Waals surface area contributed by atoms with Gasteiger partial charge < -0.3 is 8.37 Å². The van der Waals surface area contributed by atoms with Crippen LogP contribution in [0.5, 0.6) is 11.5 Å². The smallest absolute Gasteiger partial charge is 0.331 e. The molecule has 0 fully saturated rings. The summed E-state index contributed by atoms with van der Waals surface area (Å²) >= 11 is 0. The predicted molar refractivity (Wildman–Crippen MR) is 105 cm³/mol. The van der Waals surface area contributed by atoms with Crippen molar-refractivity contribution in [3.63, 3.8) is 0 Å². The van der Waals surface area contributed by atoms with Crippen LogP contribution in [0.1, 0.15) is 5.56 Å². The monoisotopic (exact) mass is 570 g/mol. The third-order valence-corrected chi connectivity index (χ3v) is 6.78. The topological polar surface area (TPSA) is 173 Å². The normalized spacial score (nSPS) is 13.0. The van der Waals surface area contributed by atoms with E-state index in [0.717, 1.165) is 18.2 Å². The van der Waals surface area contributed by atoms with E-state index in [1.807, 2.05) is 0 Å². The lowest BCUT2D eigenvalue weighted by Crippen LogP contribution is -2.19. The lowest BCUT2D eigenvalue weighted by molar-refractivity contribution is -0.0856. The number of benzene rings is 2. The Balaban J connectivity index is 2.57. The summed E-state index contributed by atoms with van der Waals surface area (Å²) in [6.45, 7) is 0.625. The molecule has 12 nitrogen and oxygen atoms in total. The first-order valence-electron chi connectivity index (χ1n) is 8.19. The molecule has 0 spiro atoms. The van der Waals surface area contributed by atoms with Crippen molar-refractivity contribution in [3.8, 4) is 11.5 Å². The highest BCUT2D eigenvalue weighted by atomic mass is 32.2. The molecule has 19 heteroatoms. The summed E-state index contributed by atoms with van der Waals surface area (Å²) in [7, 11) is -20.3. The Labute approximate surface area is 192 Å². The van der Waals surface area contributed by atoms with Crippen LogP contribution in [-0.2, 0) is 49.1 Å². The van der Waals surface area contributed by atoms with Crippen LogP contribution in [0.25, 0.3) is 0 Å². The van der Waals surface area contributed by atoms with E-state index in [0.29, 0.717) is 25.5 Å². The molecule has 2 aromatic rings. The van der Waals surface area contributed by atoms with Crippen LogP contribution < -0.4 is 8.37 Å². The molecular weight excluding hydrogens is 557 g/mol. The van der Waals surface area contributed by atoms with Gasteiger partial charge in [-0.2, -0.15) is 33.7 Å². The van der Waals surface area contributed by atoms with Crippen molar-refractivity contribution in [2.75, 3.05) is 12.5 Å². The van der Waals surface area contributed by atoms with Gasteiger partial charge in [0.25, 0.3) is 0 Å². The zero-order chi connectivity index (χ0) is 26.3. The van der Waals surface area contributed by atoms with Gasteiger partial charge in [0.05, 0.1) is 12.5 Å². The minimum atomic E-state index is -5.95. The van der Waals surface area contributed by atoms with Crippen molar-refractivity contribution in [2.24, 2.45) is 0 Å². The molecule has 0 radical (unpaired) electrons. The van der Waals surface area contributed by atoms with Crippen LogP contribution in [-0.4, -0.2) is 46.2 Å². The van der Waals surface area contributed by atoms with E-state index in [1.165, 1.54) is 0 Å². The van der Waals surface area contributed by atoms with Crippen LogP contribution >= 0.6 is 0 Å². The quantitative estimate of drug-likeness (QED) is 0.182. The highest BCUT2D eigenvalue weighted by Gasteiger charge is 2.37.